The van der Waals surface area contributed by atoms with E-state index in [-0.39, 0.29) is 24.8 Å². The number of carbonyl (C=O) groups excluding carboxylic acids is 2. The Bertz CT molecular complexity index is 1430. The lowest BCUT2D eigenvalue weighted by molar-refractivity contribution is -0.133. The summed E-state index contributed by atoms with van der Waals surface area (Å²) in [5.41, 5.74) is 3.56. The molecule has 1 aromatic heterocycles. The first-order chi connectivity index (χ1) is 19.0. The summed E-state index contributed by atoms with van der Waals surface area (Å²) in [6, 6.07) is 26.5. The normalized spacial score (nSPS) is 13.3. The van der Waals surface area contributed by atoms with E-state index in [9.17, 15) is 9.59 Å². The van der Waals surface area contributed by atoms with Crippen LogP contribution in [0.25, 0.3) is 16.9 Å². The van der Waals surface area contributed by atoms with Crippen LogP contribution in [-0.2, 0) is 9.53 Å². The summed E-state index contributed by atoms with van der Waals surface area (Å²) in [7, 11) is 0. The van der Waals surface area contributed by atoms with Crippen molar-refractivity contribution < 1.29 is 19.1 Å². The lowest BCUT2D eigenvalue weighted by atomic mass is 10.1. The molecule has 0 atom stereocenters. The zero-order chi connectivity index (χ0) is 27.2. The van der Waals surface area contributed by atoms with Gasteiger partial charge in [0.2, 0.25) is 0 Å². The largest absolute Gasteiger partial charge is 0.484 e. The second kappa shape index (κ2) is 12.0. The third-order valence-corrected chi connectivity index (χ3v) is 6.86. The van der Waals surface area contributed by atoms with Gasteiger partial charge in [-0.2, -0.15) is 5.10 Å². The van der Waals surface area contributed by atoms with Crippen LogP contribution >= 0.6 is 11.6 Å². The zero-order valence-corrected chi connectivity index (χ0v) is 22.4. The van der Waals surface area contributed by atoms with Gasteiger partial charge in [-0.3, -0.25) is 4.79 Å². The number of aromatic nitrogens is 2. The van der Waals surface area contributed by atoms with E-state index in [0.29, 0.717) is 29.5 Å². The molecule has 8 nitrogen and oxygen atoms in total. The molecule has 5 rings (SSSR count). The molecule has 39 heavy (non-hydrogen) atoms. The number of halogens is 1. The van der Waals surface area contributed by atoms with Gasteiger partial charge in [0.05, 0.1) is 23.0 Å². The van der Waals surface area contributed by atoms with E-state index in [1.54, 1.807) is 23.7 Å². The van der Waals surface area contributed by atoms with Crippen LogP contribution in [0.15, 0.2) is 84.9 Å². The van der Waals surface area contributed by atoms with Crippen molar-refractivity contribution >= 4 is 29.2 Å². The number of anilines is 1. The summed E-state index contributed by atoms with van der Waals surface area (Å²) in [6.45, 7) is 4.76. The fourth-order valence-electron chi connectivity index (χ4n) is 4.51. The van der Waals surface area contributed by atoms with Crippen molar-refractivity contribution in [2.24, 2.45) is 0 Å². The van der Waals surface area contributed by atoms with Crippen LogP contribution in [0.4, 0.5) is 5.69 Å². The molecule has 0 N–H and O–H groups in total. The number of benzene rings is 3. The lowest BCUT2D eigenvalue weighted by Gasteiger charge is -2.36. The van der Waals surface area contributed by atoms with Crippen LogP contribution in [0.5, 0.6) is 5.75 Å². The number of para-hydroxylation sites is 2. The van der Waals surface area contributed by atoms with E-state index < -0.39 is 5.97 Å². The molecule has 200 valence electrons. The average Bonchev–Trinajstić information content (AvgIpc) is 3.42. The number of piperazine rings is 1. The molecule has 1 aliphatic rings. The molecule has 0 radical (unpaired) electrons. The van der Waals surface area contributed by atoms with Gasteiger partial charge in [-0.25, -0.2) is 9.48 Å². The first-order valence-electron chi connectivity index (χ1n) is 12.9. The highest BCUT2D eigenvalue weighted by Gasteiger charge is 2.23. The topological polar surface area (TPSA) is 76.9 Å². The van der Waals surface area contributed by atoms with Crippen molar-refractivity contribution in [1.82, 2.24) is 14.7 Å². The number of hydrogen-bond acceptors (Lipinski definition) is 6. The minimum absolute atomic E-state index is 0.0147. The van der Waals surface area contributed by atoms with Crippen LogP contribution in [0.1, 0.15) is 17.4 Å². The van der Waals surface area contributed by atoms with Gasteiger partial charge in [0.15, 0.2) is 12.3 Å². The Hall–Kier alpha value is -4.30. The quantitative estimate of drug-likeness (QED) is 0.287. The summed E-state index contributed by atoms with van der Waals surface area (Å²) in [6.07, 6.45) is 0. The van der Waals surface area contributed by atoms with E-state index in [0.717, 1.165) is 30.0 Å². The number of esters is 1. The Balaban J connectivity index is 1.27. The Morgan fingerprint density at radius 1 is 0.897 bits per heavy atom. The second-order valence-electron chi connectivity index (χ2n) is 9.01. The van der Waals surface area contributed by atoms with E-state index in [1.165, 1.54) is 0 Å². The van der Waals surface area contributed by atoms with Crippen LogP contribution in [0.3, 0.4) is 0 Å². The number of rotatable bonds is 8. The molecule has 1 saturated heterocycles. The van der Waals surface area contributed by atoms with Gasteiger partial charge in [0.1, 0.15) is 5.75 Å². The van der Waals surface area contributed by atoms with E-state index in [4.69, 9.17) is 21.1 Å². The van der Waals surface area contributed by atoms with Crippen molar-refractivity contribution in [2.75, 3.05) is 44.3 Å². The average molecular weight is 545 g/mol. The molecule has 0 aliphatic carbocycles. The Kier molecular flexibility index (Phi) is 8.13. The SMILES string of the molecule is CCOC(=O)c1cc(-c2ccc(N3CCN(C(=O)COc4ccccc4)CC3)cc2)n(-c2ccccc2Cl)n1. The van der Waals surface area contributed by atoms with Crippen molar-refractivity contribution in [2.45, 2.75) is 6.92 Å². The summed E-state index contributed by atoms with van der Waals surface area (Å²) in [5.74, 6) is 0.191. The number of carbonyl (C=O) groups is 2. The second-order valence-corrected chi connectivity index (χ2v) is 9.42. The fourth-order valence-corrected chi connectivity index (χ4v) is 4.72. The fraction of sp³-hybridized carbons (Fsp3) is 0.233. The van der Waals surface area contributed by atoms with Crippen LogP contribution < -0.4 is 9.64 Å². The first kappa shape index (κ1) is 26.3. The van der Waals surface area contributed by atoms with E-state index >= 15 is 0 Å². The first-order valence-corrected chi connectivity index (χ1v) is 13.2. The molecular weight excluding hydrogens is 516 g/mol. The lowest BCUT2D eigenvalue weighted by Crippen LogP contribution is -2.50. The molecule has 0 unspecified atom stereocenters. The molecule has 1 aliphatic heterocycles. The molecule has 4 aromatic rings. The van der Waals surface area contributed by atoms with Crippen LogP contribution in [0, 0.1) is 0 Å². The van der Waals surface area contributed by atoms with Crippen molar-refractivity contribution in [3.8, 4) is 22.7 Å². The van der Waals surface area contributed by atoms with Gasteiger partial charge in [-0.15, -0.1) is 0 Å². The minimum Gasteiger partial charge on any atom is -0.484 e. The number of ether oxygens (including phenoxy) is 2. The van der Waals surface area contributed by atoms with Crippen molar-refractivity contribution in [1.29, 1.82) is 0 Å². The third kappa shape index (κ3) is 6.07. The van der Waals surface area contributed by atoms with Crippen molar-refractivity contribution in [3.63, 3.8) is 0 Å². The minimum atomic E-state index is -0.484. The maximum Gasteiger partial charge on any atom is 0.358 e. The highest BCUT2D eigenvalue weighted by molar-refractivity contribution is 6.32. The standard InChI is InChI=1S/C30H29ClN4O4/c1-2-38-30(37)26-20-28(35(32-26)27-11-7-6-10-25(27)31)22-12-14-23(15-13-22)33-16-18-34(19-17-33)29(36)21-39-24-8-4-3-5-9-24/h3-15,20H,2,16-19,21H2,1H3. The summed E-state index contributed by atoms with van der Waals surface area (Å²) in [4.78, 5) is 29.1. The molecular formula is C30H29ClN4O4. The zero-order valence-electron chi connectivity index (χ0n) is 21.6. The van der Waals surface area contributed by atoms with Gasteiger partial charge >= 0.3 is 5.97 Å². The smallest absolute Gasteiger partial charge is 0.358 e. The monoisotopic (exact) mass is 544 g/mol. The Morgan fingerprint density at radius 2 is 1.59 bits per heavy atom. The highest BCUT2D eigenvalue weighted by Crippen LogP contribution is 2.30. The van der Waals surface area contributed by atoms with Gasteiger partial charge in [0.25, 0.3) is 5.91 Å². The molecule has 0 saturated carbocycles. The summed E-state index contributed by atoms with van der Waals surface area (Å²) >= 11 is 6.46. The van der Waals surface area contributed by atoms with Gasteiger partial charge in [-0.05, 0) is 49.4 Å². The van der Waals surface area contributed by atoms with E-state index in [1.807, 2.05) is 77.7 Å². The van der Waals surface area contributed by atoms with Gasteiger partial charge in [0, 0.05) is 37.4 Å². The Morgan fingerprint density at radius 3 is 2.28 bits per heavy atom. The number of nitrogens with zero attached hydrogens (tertiary/aromatic N) is 4. The van der Waals surface area contributed by atoms with Crippen LogP contribution in [0.2, 0.25) is 5.02 Å². The number of amides is 1. The molecule has 1 amide bonds. The maximum atomic E-state index is 12.6. The van der Waals surface area contributed by atoms with Gasteiger partial charge < -0.3 is 19.3 Å². The maximum absolute atomic E-state index is 12.6. The highest BCUT2D eigenvalue weighted by atomic mass is 35.5. The van der Waals surface area contributed by atoms with Gasteiger partial charge in [-0.1, -0.05) is 54.1 Å². The molecule has 9 heteroatoms. The molecule has 3 aromatic carbocycles. The molecule has 0 bridgehead atoms. The predicted molar refractivity (Wildman–Crippen MR) is 151 cm³/mol. The molecule has 1 fully saturated rings. The summed E-state index contributed by atoms with van der Waals surface area (Å²) < 4.78 is 12.5. The summed E-state index contributed by atoms with van der Waals surface area (Å²) in [5, 5.41) is 5.03. The van der Waals surface area contributed by atoms with Crippen LogP contribution in [-0.4, -0.2) is 65.9 Å². The van der Waals surface area contributed by atoms with E-state index in [2.05, 4.69) is 10.00 Å². The molecule has 0 spiro atoms. The predicted octanol–water partition coefficient (Wildman–Crippen LogP) is 5.10. The number of hydrogen-bond donors (Lipinski definition) is 0. The van der Waals surface area contributed by atoms with Crippen molar-refractivity contribution in [3.05, 3.63) is 95.6 Å². The molecule has 2 heterocycles. The third-order valence-electron chi connectivity index (χ3n) is 6.54. The Labute approximate surface area is 232 Å².